The molecule has 0 saturated heterocycles. The van der Waals surface area contributed by atoms with E-state index in [1.807, 2.05) is 0 Å². The number of rotatable bonds is 3. The molecule has 0 aromatic carbocycles. The fraction of sp³-hybridized carbons (Fsp3) is 0.304. The molecular formula is C23H19NO3. The molecule has 0 bridgehead atoms. The maximum Gasteiger partial charge on any atom is 0.407 e. The highest BCUT2D eigenvalue weighted by atomic mass is 16.6. The summed E-state index contributed by atoms with van der Waals surface area (Å²) in [5.74, 6) is 0. The Labute approximate surface area is 159 Å². The fourth-order valence-electron chi connectivity index (χ4n) is 1.21. The first-order chi connectivity index (χ1) is 12.8. The monoisotopic (exact) mass is 357 g/mol. The van der Waals surface area contributed by atoms with Crippen molar-refractivity contribution >= 4 is 6.09 Å². The van der Waals surface area contributed by atoms with Gasteiger partial charge in [-0.3, -0.25) is 0 Å². The van der Waals surface area contributed by atoms with Crippen molar-refractivity contribution in [1.29, 1.82) is 0 Å². The van der Waals surface area contributed by atoms with Gasteiger partial charge in [-0.25, -0.2) is 4.79 Å². The van der Waals surface area contributed by atoms with Crippen LogP contribution in [-0.4, -0.2) is 28.9 Å². The van der Waals surface area contributed by atoms with E-state index in [1.165, 1.54) is 6.08 Å². The van der Waals surface area contributed by atoms with E-state index in [2.05, 4.69) is 86.4 Å². The van der Waals surface area contributed by atoms with Gasteiger partial charge in [0.15, 0.2) is 0 Å². The van der Waals surface area contributed by atoms with Gasteiger partial charge in [-0.15, -0.1) is 0 Å². The van der Waals surface area contributed by atoms with Crippen LogP contribution in [0.2, 0.25) is 0 Å². The Morgan fingerprint density at radius 1 is 0.963 bits per heavy atom. The van der Waals surface area contributed by atoms with E-state index in [4.69, 9.17) is 4.74 Å². The molecule has 0 spiro atoms. The van der Waals surface area contributed by atoms with Gasteiger partial charge in [-0.1, -0.05) is 11.5 Å². The zero-order valence-electron chi connectivity index (χ0n) is 15.7. The lowest BCUT2D eigenvalue weighted by Gasteiger charge is -2.22. The van der Waals surface area contributed by atoms with Crippen molar-refractivity contribution in [3.63, 3.8) is 0 Å². The molecule has 0 rings (SSSR count). The summed E-state index contributed by atoms with van der Waals surface area (Å²) in [6, 6.07) is -0.563. The number of hydrogen-bond acceptors (Lipinski definition) is 3. The van der Waals surface area contributed by atoms with Crippen LogP contribution in [0.25, 0.3) is 0 Å². The highest BCUT2D eigenvalue weighted by Crippen LogP contribution is 2.07. The van der Waals surface area contributed by atoms with Crippen LogP contribution in [0, 0.1) is 0 Å². The SMILES string of the molecule is C=C=C=C=C=C=C=C=C=C=C=C=C=C=C[C@H](O)[C@H](C)NC(=O)OC(C)(C)C. The van der Waals surface area contributed by atoms with Gasteiger partial charge in [0.1, 0.15) is 11.7 Å². The number of alkyl carbamates (subject to hydrolysis) is 1. The van der Waals surface area contributed by atoms with E-state index in [9.17, 15) is 9.90 Å². The Morgan fingerprint density at radius 2 is 1.41 bits per heavy atom. The molecule has 27 heavy (non-hydrogen) atoms. The summed E-state index contributed by atoms with van der Waals surface area (Å²) in [4.78, 5) is 11.6. The van der Waals surface area contributed by atoms with Gasteiger partial charge in [0, 0.05) is 0 Å². The topological polar surface area (TPSA) is 58.6 Å². The van der Waals surface area contributed by atoms with E-state index in [0.717, 1.165) is 0 Å². The maximum absolute atomic E-state index is 11.6. The van der Waals surface area contributed by atoms with Crippen molar-refractivity contribution in [3.05, 3.63) is 87.2 Å². The van der Waals surface area contributed by atoms with Gasteiger partial charge in [0.2, 0.25) is 0 Å². The second kappa shape index (κ2) is 13.4. The summed E-state index contributed by atoms with van der Waals surface area (Å²) in [5.41, 5.74) is 31.6. The second-order valence-electron chi connectivity index (χ2n) is 5.79. The van der Waals surface area contributed by atoms with E-state index < -0.39 is 23.8 Å². The first kappa shape index (κ1) is 23.1. The average Bonchev–Trinajstić information content (AvgIpc) is 2.57. The molecule has 0 aliphatic rings. The zero-order valence-corrected chi connectivity index (χ0v) is 15.7. The average molecular weight is 357 g/mol. The van der Waals surface area contributed by atoms with Crippen molar-refractivity contribution in [2.75, 3.05) is 0 Å². The first-order valence-electron chi connectivity index (χ1n) is 7.80. The third-order valence-corrected chi connectivity index (χ3v) is 2.30. The molecule has 0 unspecified atom stereocenters. The van der Waals surface area contributed by atoms with Gasteiger partial charge in [0.05, 0.1) is 6.04 Å². The van der Waals surface area contributed by atoms with Crippen LogP contribution in [-0.2, 0) is 4.74 Å². The standard InChI is InChI=1S/C23H19NO3/c1-6-7-8-9-10-11-12-13-14-15-16-17-18-19-21(25)20(2)24-22(26)27-23(3,4)5/h19-21,25H,1H2,2-5H3,(H,24,26)/t20-,21-/m0/s1. The van der Waals surface area contributed by atoms with E-state index >= 15 is 0 Å². The Balaban J connectivity index is 5.16. The third-order valence-electron chi connectivity index (χ3n) is 2.30. The van der Waals surface area contributed by atoms with Crippen molar-refractivity contribution < 1.29 is 14.6 Å². The molecule has 0 aliphatic carbocycles. The van der Waals surface area contributed by atoms with Crippen molar-refractivity contribution in [2.24, 2.45) is 0 Å². The minimum absolute atomic E-state index is 0.563. The summed E-state index contributed by atoms with van der Waals surface area (Å²) in [7, 11) is 0. The predicted octanol–water partition coefficient (Wildman–Crippen LogP) is 3.46. The number of carbonyl (C=O) groups is 1. The molecule has 2 atom stereocenters. The summed E-state index contributed by atoms with van der Waals surface area (Å²) < 4.78 is 5.10. The molecule has 0 saturated carbocycles. The molecule has 1 amide bonds. The maximum atomic E-state index is 11.6. The quantitative estimate of drug-likeness (QED) is 0.761. The van der Waals surface area contributed by atoms with Crippen LogP contribution in [0.4, 0.5) is 4.79 Å². The fourth-order valence-corrected chi connectivity index (χ4v) is 1.21. The van der Waals surface area contributed by atoms with Crippen molar-refractivity contribution in [3.8, 4) is 0 Å². The molecule has 2 N–H and O–H groups in total. The van der Waals surface area contributed by atoms with Crippen LogP contribution in [0.5, 0.6) is 0 Å². The van der Waals surface area contributed by atoms with Crippen molar-refractivity contribution in [1.82, 2.24) is 5.32 Å². The van der Waals surface area contributed by atoms with Gasteiger partial charge in [-0.2, -0.15) is 0 Å². The molecule has 4 nitrogen and oxygen atoms in total. The van der Waals surface area contributed by atoms with Crippen LogP contribution >= 0.6 is 0 Å². The molecule has 0 aromatic rings. The molecule has 4 heteroatoms. The lowest BCUT2D eigenvalue weighted by molar-refractivity contribution is 0.0465. The molecular weight excluding hydrogens is 338 g/mol. The summed E-state index contributed by atoms with van der Waals surface area (Å²) >= 11 is 0. The highest BCUT2D eigenvalue weighted by Gasteiger charge is 2.19. The summed E-state index contributed by atoms with van der Waals surface area (Å²) in [5, 5.41) is 12.4. The van der Waals surface area contributed by atoms with Crippen LogP contribution < -0.4 is 5.32 Å². The molecule has 134 valence electrons. The lowest BCUT2D eigenvalue weighted by atomic mass is 10.2. The zero-order chi connectivity index (χ0) is 20.5. The highest BCUT2D eigenvalue weighted by molar-refractivity contribution is 5.68. The first-order valence-corrected chi connectivity index (χ1v) is 7.80. The minimum atomic E-state index is -0.968. The largest absolute Gasteiger partial charge is 0.444 e. The number of aliphatic hydroxyl groups excluding tert-OH is 1. The van der Waals surface area contributed by atoms with E-state index in [1.54, 1.807) is 27.7 Å². The molecule has 0 heterocycles. The number of nitrogens with one attached hydrogen (secondary N) is 1. The number of amides is 1. The lowest BCUT2D eigenvalue weighted by Crippen LogP contribution is -2.42. The minimum Gasteiger partial charge on any atom is -0.444 e. The van der Waals surface area contributed by atoms with E-state index in [-0.39, 0.29) is 0 Å². The number of ether oxygens (including phenoxy) is 1. The van der Waals surface area contributed by atoms with Crippen LogP contribution in [0.15, 0.2) is 87.2 Å². The number of carbonyl (C=O) groups excluding carboxylic acids is 1. The van der Waals surface area contributed by atoms with Gasteiger partial charge < -0.3 is 15.2 Å². The number of aliphatic hydroxyl groups is 1. The Bertz CT molecular complexity index is 1040. The Kier molecular flexibility index (Phi) is 11.5. The normalized spacial score (nSPS) is 9.96. The predicted molar refractivity (Wildman–Crippen MR) is 101 cm³/mol. The smallest absolute Gasteiger partial charge is 0.407 e. The van der Waals surface area contributed by atoms with Crippen molar-refractivity contribution in [2.45, 2.75) is 45.4 Å². The summed E-state index contributed by atoms with van der Waals surface area (Å²) in [6.45, 7) is 10.2. The van der Waals surface area contributed by atoms with Gasteiger partial charge in [-0.05, 0) is 103 Å². The Hall–Kier alpha value is -3.89. The third kappa shape index (κ3) is 15.4. The summed E-state index contributed by atoms with van der Waals surface area (Å²) in [6.07, 6.45) is -0.257. The van der Waals surface area contributed by atoms with Gasteiger partial charge >= 0.3 is 6.09 Å². The van der Waals surface area contributed by atoms with E-state index in [0.29, 0.717) is 0 Å². The molecule has 0 radical (unpaired) electrons. The molecule has 0 aromatic heterocycles. The molecule has 0 aliphatic heterocycles. The molecule has 0 fully saturated rings. The second-order valence-corrected chi connectivity index (χ2v) is 5.79. The number of hydrogen-bond donors (Lipinski definition) is 2. The van der Waals surface area contributed by atoms with Crippen LogP contribution in [0.3, 0.4) is 0 Å². The Morgan fingerprint density at radius 3 is 1.85 bits per heavy atom. The van der Waals surface area contributed by atoms with Crippen LogP contribution in [0.1, 0.15) is 27.7 Å². The van der Waals surface area contributed by atoms with Gasteiger partial charge in [0.25, 0.3) is 0 Å².